The zero-order chi connectivity index (χ0) is 7.49. The predicted octanol–water partition coefficient (Wildman–Crippen LogP) is 0.884. The summed E-state index contributed by atoms with van der Waals surface area (Å²) in [4.78, 5) is 0. The van der Waals surface area contributed by atoms with Crippen LogP contribution in [0.2, 0.25) is 0 Å². The second kappa shape index (κ2) is 3.18. The zero-order valence-corrected chi connectivity index (χ0v) is 8.77. The van der Waals surface area contributed by atoms with E-state index in [2.05, 4.69) is 27.4 Å². The van der Waals surface area contributed by atoms with Gasteiger partial charge in [0.25, 0.3) is 0 Å². The average Bonchev–Trinajstić information content (AvgIpc) is 1.86. The molecule has 0 aliphatic rings. The van der Waals surface area contributed by atoms with Crippen LogP contribution >= 0.6 is 0 Å². The monoisotopic (exact) mass is 144 g/mol. The average molecular weight is 144 g/mol. The molecule has 0 aromatic rings. The van der Waals surface area contributed by atoms with Crippen LogP contribution in [0.25, 0.3) is 0 Å². The smallest absolute Gasteiger partial charge is 0.146 e. The highest BCUT2D eigenvalue weighted by Gasteiger charge is 2.20. The van der Waals surface area contributed by atoms with E-state index in [0.717, 1.165) is 10.5 Å². The topological polar surface area (TPSA) is 9.23 Å². The van der Waals surface area contributed by atoms with Crippen LogP contribution in [0.3, 0.4) is 0 Å². The maximum absolute atomic E-state index is 5.27. The number of hydrogen-bond donors (Lipinski definition) is 0. The molecule has 0 rings (SSSR count). The Bertz CT molecular complexity index is 99.1. The Hall–Kier alpha value is -0.0831. The highest BCUT2D eigenvalue weighted by Crippen LogP contribution is 2.22. The standard InChI is InChI=1S/C7H16OSi/c1-5-7(3,4)6(2)8-9/h5-6H,1H2,2-4,9H3. The molecule has 0 N–H and O–H groups in total. The van der Waals surface area contributed by atoms with Gasteiger partial charge in [0.2, 0.25) is 0 Å². The van der Waals surface area contributed by atoms with Gasteiger partial charge in [0, 0.05) is 11.5 Å². The van der Waals surface area contributed by atoms with E-state index in [-0.39, 0.29) is 5.41 Å². The Morgan fingerprint density at radius 2 is 2.11 bits per heavy atom. The van der Waals surface area contributed by atoms with Crippen LogP contribution in [-0.2, 0) is 4.43 Å². The summed E-state index contributed by atoms with van der Waals surface area (Å²) in [5.74, 6) is 0. The first-order valence-corrected chi connectivity index (χ1v) is 4.02. The fraction of sp³-hybridized carbons (Fsp3) is 0.714. The molecule has 0 aromatic carbocycles. The molecular weight excluding hydrogens is 128 g/mol. The molecule has 9 heavy (non-hydrogen) atoms. The lowest BCUT2D eigenvalue weighted by molar-refractivity contribution is 0.137. The first kappa shape index (κ1) is 8.92. The molecule has 2 heteroatoms. The van der Waals surface area contributed by atoms with Crippen molar-refractivity contribution in [3.8, 4) is 0 Å². The van der Waals surface area contributed by atoms with E-state index in [1.165, 1.54) is 0 Å². The van der Waals surface area contributed by atoms with Crippen molar-refractivity contribution in [2.24, 2.45) is 5.41 Å². The van der Waals surface area contributed by atoms with E-state index in [0.29, 0.717) is 6.10 Å². The molecule has 0 heterocycles. The molecule has 1 nitrogen and oxygen atoms in total. The molecule has 54 valence electrons. The van der Waals surface area contributed by atoms with Gasteiger partial charge in [-0.25, -0.2) is 0 Å². The third-order valence-corrected chi connectivity index (χ3v) is 2.63. The Morgan fingerprint density at radius 1 is 1.67 bits per heavy atom. The summed E-state index contributed by atoms with van der Waals surface area (Å²) < 4.78 is 5.27. The minimum absolute atomic E-state index is 0.127. The molecule has 0 radical (unpaired) electrons. The molecule has 0 saturated carbocycles. The van der Waals surface area contributed by atoms with Gasteiger partial charge in [-0.3, -0.25) is 0 Å². The van der Waals surface area contributed by atoms with Crippen molar-refractivity contribution in [3.63, 3.8) is 0 Å². The van der Waals surface area contributed by atoms with Gasteiger partial charge in [-0.15, -0.1) is 6.58 Å². The lowest BCUT2D eigenvalue weighted by Gasteiger charge is -2.27. The zero-order valence-electron chi connectivity index (χ0n) is 6.77. The fourth-order valence-corrected chi connectivity index (χ4v) is 1.08. The van der Waals surface area contributed by atoms with Crippen LogP contribution in [-0.4, -0.2) is 16.6 Å². The van der Waals surface area contributed by atoms with Crippen molar-refractivity contribution >= 4 is 10.5 Å². The summed E-state index contributed by atoms with van der Waals surface area (Å²) in [6.07, 6.45) is 2.25. The van der Waals surface area contributed by atoms with Gasteiger partial charge in [0.1, 0.15) is 10.5 Å². The van der Waals surface area contributed by atoms with Crippen molar-refractivity contribution in [1.82, 2.24) is 0 Å². The van der Waals surface area contributed by atoms with Gasteiger partial charge >= 0.3 is 0 Å². The molecule has 0 spiro atoms. The van der Waals surface area contributed by atoms with E-state index in [9.17, 15) is 0 Å². The molecule has 0 amide bonds. The Kier molecular flexibility index (Phi) is 3.15. The van der Waals surface area contributed by atoms with Crippen molar-refractivity contribution in [2.75, 3.05) is 0 Å². The third-order valence-electron chi connectivity index (χ3n) is 1.93. The summed E-state index contributed by atoms with van der Waals surface area (Å²) >= 11 is 0. The van der Waals surface area contributed by atoms with E-state index >= 15 is 0 Å². The van der Waals surface area contributed by atoms with Crippen LogP contribution in [0.15, 0.2) is 12.7 Å². The van der Waals surface area contributed by atoms with Crippen molar-refractivity contribution < 1.29 is 4.43 Å². The van der Waals surface area contributed by atoms with Crippen molar-refractivity contribution in [1.29, 1.82) is 0 Å². The van der Waals surface area contributed by atoms with Crippen LogP contribution in [0.1, 0.15) is 20.8 Å². The lowest BCUT2D eigenvalue weighted by Crippen LogP contribution is -2.26. The van der Waals surface area contributed by atoms with Gasteiger partial charge in [-0.05, 0) is 6.92 Å². The highest BCUT2D eigenvalue weighted by molar-refractivity contribution is 5.98. The third kappa shape index (κ3) is 2.33. The summed E-state index contributed by atoms with van der Waals surface area (Å²) in [7, 11) is 0.810. The number of hydrogen-bond acceptors (Lipinski definition) is 1. The quantitative estimate of drug-likeness (QED) is 0.422. The second-order valence-corrected chi connectivity index (χ2v) is 3.37. The second-order valence-electron chi connectivity index (χ2n) is 2.90. The molecule has 0 fully saturated rings. The largest absolute Gasteiger partial charge is 0.424 e. The lowest BCUT2D eigenvalue weighted by atomic mass is 9.88. The summed E-state index contributed by atoms with van der Waals surface area (Å²) in [6, 6.07) is 0. The molecular formula is C7H16OSi. The normalized spacial score (nSPS) is 15.4. The minimum atomic E-state index is 0.127. The summed E-state index contributed by atoms with van der Waals surface area (Å²) in [5.41, 5.74) is 0.127. The first-order chi connectivity index (χ1) is 4.04. The number of rotatable bonds is 3. The fourth-order valence-electron chi connectivity index (χ4n) is 0.470. The predicted molar refractivity (Wildman–Crippen MR) is 44.5 cm³/mol. The maximum Gasteiger partial charge on any atom is 0.146 e. The van der Waals surface area contributed by atoms with E-state index in [1.807, 2.05) is 6.08 Å². The van der Waals surface area contributed by atoms with Crippen LogP contribution < -0.4 is 0 Å². The van der Waals surface area contributed by atoms with Crippen molar-refractivity contribution in [2.45, 2.75) is 26.9 Å². The molecule has 1 unspecified atom stereocenters. The SMILES string of the molecule is C=CC(C)(C)C(C)O[SiH3]. The molecule has 0 bridgehead atoms. The van der Waals surface area contributed by atoms with Crippen LogP contribution in [0, 0.1) is 5.41 Å². The van der Waals surface area contributed by atoms with E-state index < -0.39 is 0 Å². The minimum Gasteiger partial charge on any atom is -0.424 e. The maximum atomic E-state index is 5.27. The summed E-state index contributed by atoms with van der Waals surface area (Å²) in [6.45, 7) is 10.1. The Morgan fingerprint density at radius 3 is 2.22 bits per heavy atom. The first-order valence-electron chi connectivity index (χ1n) is 3.21. The highest BCUT2D eigenvalue weighted by atomic mass is 28.2. The van der Waals surface area contributed by atoms with Crippen LogP contribution in [0.5, 0.6) is 0 Å². The molecule has 0 saturated heterocycles. The Labute approximate surface area is 60.6 Å². The molecule has 1 atom stereocenters. The Balaban J connectivity index is 3.95. The summed E-state index contributed by atoms with van der Waals surface area (Å²) in [5, 5.41) is 0. The van der Waals surface area contributed by atoms with E-state index in [1.54, 1.807) is 0 Å². The van der Waals surface area contributed by atoms with Crippen molar-refractivity contribution in [3.05, 3.63) is 12.7 Å². The molecule has 0 aromatic heterocycles. The molecule has 0 aliphatic heterocycles. The van der Waals surface area contributed by atoms with Gasteiger partial charge < -0.3 is 4.43 Å². The van der Waals surface area contributed by atoms with E-state index in [4.69, 9.17) is 4.43 Å². The van der Waals surface area contributed by atoms with Gasteiger partial charge in [-0.2, -0.15) is 0 Å². The van der Waals surface area contributed by atoms with Crippen LogP contribution in [0.4, 0.5) is 0 Å². The van der Waals surface area contributed by atoms with Gasteiger partial charge in [-0.1, -0.05) is 19.9 Å². The van der Waals surface area contributed by atoms with Gasteiger partial charge in [0.15, 0.2) is 0 Å². The molecule has 0 aliphatic carbocycles. The van der Waals surface area contributed by atoms with Gasteiger partial charge in [0.05, 0.1) is 0 Å².